The Balaban J connectivity index is 0. The van der Waals surface area contributed by atoms with Crippen molar-refractivity contribution in [1.82, 2.24) is 0 Å². The number of unbranched alkanes of at least 4 members (excludes halogenated alkanes) is 9. The van der Waals surface area contributed by atoms with E-state index >= 15 is 0 Å². The number of carbonyl (C=O) groups is 1. The van der Waals surface area contributed by atoms with Crippen molar-refractivity contribution < 1.29 is 9.90 Å². The van der Waals surface area contributed by atoms with E-state index < -0.39 is 13.2 Å². The van der Waals surface area contributed by atoms with Crippen LogP contribution in [0.15, 0.2) is 0 Å². The lowest BCUT2D eigenvalue weighted by atomic mass is 10.00. The number of rotatable bonds is 21. The molecule has 0 heterocycles. The summed E-state index contributed by atoms with van der Waals surface area (Å²) in [6.07, 6.45) is 27.7. The molecule has 188 valence electrons. The first-order valence-corrected chi connectivity index (χ1v) is 16.6. The first kappa shape index (κ1) is 33.1. The summed E-state index contributed by atoms with van der Waals surface area (Å²) in [7, 11) is -0.601. The van der Waals surface area contributed by atoms with Gasteiger partial charge in [-0.25, -0.2) is 0 Å². The highest BCUT2D eigenvalue weighted by atomic mass is 31.2. The van der Waals surface area contributed by atoms with E-state index in [1.165, 1.54) is 77.0 Å². The third-order valence-electron chi connectivity index (χ3n) is 6.69. The summed E-state index contributed by atoms with van der Waals surface area (Å²) >= 11 is 0. The molecule has 0 saturated heterocycles. The van der Waals surface area contributed by atoms with Crippen LogP contribution >= 0.6 is 7.26 Å². The first-order chi connectivity index (χ1) is 15.0. The Hall–Kier alpha value is -0.100. The molecular weight excluding hydrogens is 399 g/mol. The van der Waals surface area contributed by atoms with E-state index in [1.807, 2.05) is 6.92 Å². The predicted molar refractivity (Wildman–Crippen MR) is 145 cm³/mol. The highest BCUT2D eigenvalue weighted by molar-refractivity contribution is 7.75. The molecule has 0 rings (SSSR count). The van der Waals surface area contributed by atoms with E-state index in [0.29, 0.717) is 0 Å². The van der Waals surface area contributed by atoms with E-state index in [9.17, 15) is 4.79 Å². The summed E-state index contributed by atoms with van der Waals surface area (Å²) in [5.74, 6) is -0.754. The second-order valence-corrected chi connectivity index (χ2v) is 14.1. The van der Waals surface area contributed by atoms with Crippen LogP contribution in [-0.4, -0.2) is 35.7 Å². The molecule has 0 amide bonds. The van der Waals surface area contributed by atoms with E-state index in [-0.39, 0.29) is 5.92 Å². The summed E-state index contributed by atoms with van der Waals surface area (Å²) in [5.41, 5.74) is 0. The molecule has 0 aromatic rings. The number of carboxylic acid groups (broad SMARTS) is 1. The van der Waals surface area contributed by atoms with Gasteiger partial charge in [0.05, 0.1) is 30.6 Å². The molecule has 0 bridgehead atoms. The van der Waals surface area contributed by atoms with E-state index in [1.54, 1.807) is 24.6 Å². The summed E-state index contributed by atoms with van der Waals surface area (Å²) in [5, 5.41) is 8.60. The maximum atomic E-state index is 10.4. The third-order valence-corrected chi connectivity index (χ3v) is 11.8. The van der Waals surface area contributed by atoms with Crippen molar-refractivity contribution in [3.8, 4) is 0 Å². The van der Waals surface area contributed by atoms with Crippen molar-refractivity contribution >= 4 is 13.2 Å². The summed E-state index contributed by atoms with van der Waals surface area (Å²) in [6, 6.07) is 0. The van der Waals surface area contributed by atoms with Crippen molar-refractivity contribution in [2.45, 2.75) is 144 Å². The topological polar surface area (TPSA) is 37.3 Å². The SMILES string of the molecule is CCCCC(CC)C(=O)O.CCCCCCCC[P+](CCCC)(CCCC)CCCC. The minimum Gasteiger partial charge on any atom is -0.481 e. The summed E-state index contributed by atoms with van der Waals surface area (Å²) < 4.78 is 0. The fourth-order valence-corrected chi connectivity index (χ4v) is 9.53. The molecule has 0 fully saturated rings. The lowest BCUT2D eigenvalue weighted by Gasteiger charge is -2.28. The van der Waals surface area contributed by atoms with Gasteiger partial charge in [0.2, 0.25) is 0 Å². The lowest BCUT2D eigenvalue weighted by molar-refractivity contribution is -0.142. The van der Waals surface area contributed by atoms with Crippen molar-refractivity contribution in [2.75, 3.05) is 24.6 Å². The lowest BCUT2D eigenvalue weighted by Crippen LogP contribution is -2.13. The molecule has 1 unspecified atom stereocenters. The fourth-order valence-electron chi connectivity index (χ4n) is 4.33. The van der Waals surface area contributed by atoms with Gasteiger partial charge in [-0.15, -0.1) is 0 Å². The Morgan fingerprint density at radius 2 is 0.968 bits per heavy atom. The third kappa shape index (κ3) is 20.3. The van der Waals surface area contributed by atoms with Gasteiger partial charge in [0, 0.05) is 7.26 Å². The van der Waals surface area contributed by atoms with Gasteiger partial charge >= 0.3 is 5.97 Å². The monoisotopic (exact) mass is 459 g/mol. The van der Waals surface area contributed by atoms with Crippen molar-refractivity contribution in [3.05, 3.63) is 0 Å². The molecule has 3 heteroatoms. The normalized spacial score (nSPS) is 12.3. The minimum atomic E-state index is -0.643. The highest BCUT2D eigenvalue weighted by Crippen LogP contribution is 2.61. The molecule has 0 spiro atoms. The van der Waals surface area contributed by atoms with Crippen LogP contribution in [0.2, 0.25) is 0 Å². The number of aliphatic carboxylic acids is 1. The van der Waals surface area contributed by atoms with Crippen molar-refractivity contribution in [2.24, 2.45) is 5.92 Å². The summed E-state index contributed by atoms with van der Waals surface area (Å²) in [6.45, 7) is 13.4. The highest BCUT2D eigenvalue weighted by Gasteiger charge is 2.34. The zero-order valence-corrected chi connectivity index (χ0v) is 23.4. The van der Waals surface area contributed by atoms with Gasteiger partial charge in [-0.05, 0) is 44.9 Å². The number of hydrogen-bond acceptors (Lipinski definition) is 1. The second-order valence-electron chi connectivity index (χ2n) is 9.65. The van der Waals surface area contributed by atoms with Gasteiger partial charge < -0.3 is 5.11 Å². The van der Waals surface area contributed by atoms with E-state index in [0.717, 1.165) is 25.7 Å². The first-order valence-electron chi connectivity index (χ1n) is 14.0. The molecular formula is C28H60O2P+. The number of hydrogen-bond donors (Lipinski definition) is 1. The van der Waals surface area contributed by atoms with Crippen LogP contribution in [0.25, 0.3) is 0 Å². The van der Waals surface area contributed by atoms with Crippen LogP contribution in [0.3, 0.4) is 0 Å². The van der Waals surface area contributed by atoms with Crippen LogP contribution in [0.4, 0.5) is 0 Å². The van der Waals surface area contributed by atoms with Crippen molar-refractivity contribution in [1.29, 1.82) is 0 Å². The molecule has 0 aliphatic rings. The summed E-state index contributed by atoms with van der Waals surface area (Å²) in [4.78, 5) is 10.4. The minimum absolute atomic E-state index is 0.111. The molecule has 0 aromatic carbocycles. The van der Waals surface area contributed by atoms with Gasteiger partial charge in [-0.1, -0.05) is 99.3 Å². The maximum absolute atomic E-state index is 10.4. The molecule has 0 saturated carbocycles. The quantitative estimate of drug-likeness (QED) is 0.137. The van der Waals surface area contributed by atoms with E-state index in [4.69, 9.17) is 5.11 Å². The standard InChI is InChI=1S/C20H44P.C8H16O2/c1-5-9-13-14-15-16-20-21(17-10-6-2,18-11-7-3)19-12-8-4;1-3-5-6-7(4-2)8(9)10/h5-20H2,1-4H3;7H,3-6H2,1-2H3,(H,9,10)/q+1;. The number of carboxylic acids is 1. The maximum Gasteiger partial charge on any atom is 0.306 e. The second kappa shape index (κ2) is 24.5. The Morgan fingerprint density at radius 3 is 1.35 bits per heavy atom. The molecule has 0 aliphatic carbocycles. The Kier molecular flexibility index (Phi) is 26.2. The molecule has 1 atom stereocenters. The molecule has 0 aromatic heterocycles. The molecule has 31 heavy (non-hydrogen) atoms. The molecule has 0 radical (unpaired) electrons. The Bertz CT molecular complexity index is 348. The molecule has 1 N–H and O–H groups in total. The van der Waals surface area contributed by atoms with Crippen LogP contribution in [0.1, 0.15) is 144 Å². The molecule has 0 aliphatic heterocycles. The average Bonchev–Trinajstić information content (AvgIpc) is 2.77. The zero-order chi connectivity index (χ0) is 23.8. The predicted octanol–water partition coefficient (Wildman–Crippen LogP) is 10.1. The van der Waals surface area contributed by atoms with Crippen molar-refractivity contribution in [3.63, 3.8) is 0 Å². The van der Waals surface area contributed by atoms with Gasteiger partial charge in [-0.2, -0.15) is 0 Å². The fraction of sp³-hybridized carbons (Fsp3) is 0.964. The van der Waals surface area contributed by atoms with Crippen LogP contribution < -0.4 is 0 Å². The average molecular weight is 460 g/mol. The zero-order valence-electron chi connectivity index (χ0n) is 22.5. The van der Waals surface area contributed by atoms with Crippen LogP contribution in [0, 0.1) is 5.92 Å². The van der Waals surface area contributed by atoms with Crippen LogP contribution in [0.5, 0.6) is 0 Å². The van der Waals surface area contributed by atoms with E-state index in [2.05, 4.69) is 34.6 Å². The molecule has 2 nitrogen and oxygen atoms in total. The van der Waals surface area contributed by atoms with Gasteiger partial charge in [0.15, 0.2) is 0 Å². The van der Waals surface area contributed by atoms with Gasteiger partial charge in [0.25, 0.3) is 0 Å². The smallest absolute Gasteiger partial charge is 0.306 e. The van der Waals surface area contributed by atoms with Gasteiger partial charge in [0.1, 0.15) is 0 Å². The Morgan fingerprint density at radius 1 is 0.581 bits per heavy atom. The Labute approximate surface area is 198 Å². The largest absolute Gasteiger partial charge is 0.481 e. The van der Waals surface area contributed by atoms with Gasteiger partial charge in [-0.3, -0.25) is 4.79 Å². The van der Waals surface area contributed by atoms with Crippen LogP contribution in [-0.2, 0) is 4.79 Å².